The molecule has 1 saturated heterocycles. The highest BCUT2D eigenvalue weighted by molar-refractivity contribution is 5.74. The normalized spacial score (nSPS) is 19.5. The molecule has 2 amide bonds. The first-order valence-electron chi connectivity index (χ1n) is 10.2. The fraction of sp³-hybridized carbons (Fsp3) is 0.435. The zero-order valence-electron chi connectivity index (χ0n) is 16.6. The van der Waals surface area contributed by atoms with Crippen LogP contribution in [0.3, 0.4) is 0 Å². The van der Waals surface area contributed by atoms with Crippen molar-refractivity contribution in [1.29, 1.82) is 0 Å². The molecule has 2 aliphatic rings. The number of carbonyl (C=O) groups is 1. The predicted molar refractivity (Wildman–Crippen MR) is 108 cm³/mol. The Morgan fingerprint density at radius 3 is 2.52 bits per heavy atom. The van der Waals surface area contributed by atoms with Gasteiger partial charge in [0, 0.05) is 13.1 Å². The van der Waals surface area contributed by atoms with Gasteiger partial charge in [-0.25, -0.2) is 9.18 Å². The van der Waals surface area contributed by atoms with Crippen LogP contribution < -0.4 is 10.1 Å². The van der Waals surface area contributed by atoms with Crippen LogP contribution in [0.5, 0.6) is 11.5 Å². The van der Waals surface area contributed by atoms with E-state index in [0.717, 1.165) is 12.8 Å². The molecule has 2 N–H and O–H groups in total. The Labute approximate surface area is 170 Å². The second-order valence-corrected chi connectivity index (χ2v) is 8.14. The molecular weight excluding hydrogens is 371 g/mol. The Kier molecular flexibility index (Phi) is 5.46. The van der Waals surface area contributed by atoms with E-state index in [1.54, 1.807) is 29.2 Å². The number of hydrogen-bond acceptors (Lipinski definition) is 3. The molecule has 0 bridgehead atoms. The zero-order chi connectivity index (χ0) is 20.4. The van der Waals surface area contributed by atoms with Crippen LogP contribution in [0.15, 0.2) is 48.5 Å². The highest BCUT2D eigenvalue weighted by atomic mass is 19.1. The Morgan fingerprint density at radius 1 is 1.21 bits per heavy atom. The molecule has 0 radical (unpaired) electrons. The van der Waals surface area contributed by atoms with Crippen molar-refractivity contribution in [3.63, 3.8) is 0 Å². The molecular formula is C23H27FN2O3. The van der Waals surface area contributed by atoms with Gasteiger partial charge in [-0.15, -0.1) is 0 Å². The number of aliphatic hydroxyl groups is 1. The van der Waals surface area contributed by atoms with E-state index in [1.807, 2.05) is 25.1 Å². The molecule has 6 heteroatoms. The second kappa shape index (κ2) is 8.03. The first kappa shape index (κ1) is 19.7. The van der Waals surface area contributed by atoms with Gasteiger partial charge in [-0.2, -0.15) is 0 Å². The summed E-state index contributed by atoms with van der Waals surface area (Å²) in [6, 6.07) is 13.3. The summed E-state index contributed by atoms with van der Waals surface area (Å²) in [7, 11) is 0. The lowest BCUT2D eigenvalue weighted by Crippen LogP contribution is -2.51. The number of ether oxygens (including phenoxy) is 1. The van der Waals surface area contributed by atoms with Crippen molar-refractivity contribution in [3.05, 3.63) is 59.9 Å². The Hall–Kier alpha value is -2.60. The summed E-state index contributed by atoms with van der Waals surface area (Å²) in [5.41, 5.74) is 0.0721. The lowest BCUT2D eigenvalue weighted by Gasteiger charge is -2.38. The van der Waals surface area contributed by atoms with Gasteiger partial charge >= 0.3 is 6.03 Å². The smallest absolute Gasteiger partial charge is 0.317 e. The zero-order valence-corrected chi connectivity index (χ0v) is 16.6. The molecule has 1 atom stereocenters. The molecule has 2 fully saturated rings. The lowest BCUT2D eigenvalue weighted by molar-refractivity contribution is -0.0308. The number of rotatable bonds is 5. The SMILES string of the molecule is CC(NC(=O)N1CCC(O)(C2CC2)CC1)c1ccc(Oc2ccccc2)c(F)c1. The minimum atomic E-state index is -0.597. The van der Waals surface area contributed by atoms with E-state index in [0.29, 0.717) is 43.2 Å². The number of para-hydroxylation sites is 1. The summed E-state index contributed by atoms with van der Waals surface area (Å²) in [6.45, 7) is 2.92. The molecule has 0 spiro atoms. The third-order valence-electron chi connectivity index (χ3n) is 6.02. The van der Waals surface area contributed by atoms with Gasteiger partial charge < -0.3 is 20.1 Å². The molecule has 2 aromatic carbocycles. The predicted octanol–water partition coefficient (Wildman–Crippen LogP) is 4.63. The van der Waals surface area contributed by atoms with E-state index >= 15 is 0 Å². The third-order valence-corrected chi connectivity index (χ3v) is 6.02. The largest absolute Gasteiger partial charge is 0.454 e. The summed E-state index contributed by atoms with van der Waals surface area (Å²) < 4.78 is 20.0. The maximum Gasteiger partial charge on any atom is 0.317 e. The number of urea groups is 1. The van der Waals surface area contributed by atoms with E-state index in [-0.39, 0.29) is 17.8 Å². The van der Waals surface area contributed by atoms with Crippen molar-refractivity contribution in [3.8, 4) is 11.5 Å². The van der Waals surface area contributed by atoms with Gasteiger partial charge in [0.25, 0.3) is 0 Å². The first-order chi connectivity index (χ1) is 13.9. The summed E-state index contributed by atoms with van der Waals surface area (Å²) in [6.07, 6.45) is 3.43. The molecule has 4 rings (SSSR count). The molecule has 1 unspecified atom stereocenters. The van der Waals surface area contributed by atoms with Crippen LogP contribution in [0.2, 0.25) is 0 Å². The Bertz CT molecular complexity index is 862. The fourth-order valence-electron chi connectivity index (χ4n) is 3.97. The monoisotopic (exact) mass is 398 g/mol. The van der Waals surface area contributed by atoms with Crippen molar-refractivity contribution < 1.29 is 19.0 Å². The van der Waals surface area contributed by atoms with Gasteiger partial charge in [-0.3, -0.25) is 0 Å². The molecule has 2 aromatic rings. The van der Waals surface area contributed by atoms with Crippen LogP contribution in [0, 0.1) is 11.7 Å². The number of piperidine rings is 1. The molecule has 1 heterocycles. The Balaban J connectivity index is 1.34. The highest BCUT2D eigenvalue weighted by Gasteiger charge is 2.45. The summed E-state index contributed by atoms with van der Waals surface area (Å²) in [5.74, 6) is 0.650. The van der Waals surface area contributed by atoms with Gasteiger partial charge in [-0.05, 0) is 68.4 Å². The average Bonchev–Trinajstić information content (AvgIpc) is 3.57. The van der Waals surface area contributed by atoms with E-state index in [2.05, 4.69) is 5.32 Å². The quantitative estimate of drug-likeness (QED) is 0.772. The second-order valence-electron chi connectivity index (χ2n) is 8.14. The van der Waals surface area contributed by atoms with Crippen LogP contribution in [-0.2, 0) is 0 Å². The molecule has 29 heavy (non-hydrogen) atoms. The van der Waals surface area contributed by atoms with Crippen LogP contribution >= 0.6 is 0 Å². The molecule has 1 saturated carbocycles. The van der Waals surface area contributed by atoms with E-state index < -0.39 is 11.4 Å². The van der Waals surface area contributed by atoms with Crippen molar-refractivity contribution in [2.75, 3.05) is 13.1 Å². The number of nitrogens with zero attached hydrogens (tertiary/aromatic N) is 1. The lowest BCUT2D eigenvalue weighted by atomic mass is 9.87. The maximum absolute atomic E-state index is 14.5. The number of carbonyl (C=O) groups excluding carboxylic acids is 1. The third kappa shape index (κ3) is 4.53. The van der Waals surface area contributed by atoms with E-state index in [4.69, 9.17) is 4.74 Å². The highest BCUT2D eigenvalue weighted by Crippen LogP contribution is 2.45. The number of benzene rings is 2. The first-order valence-corrected chi connectivity index (χ1v) is 10.2. The summed E-state index contributed by atoms with van der Waals surface area (Å²) in [5, 5.41) is 13.6. The number of amides is 2. The van der Waals surface area contributed by atoms with Gasteiger partial charge in [0.15, 0.2) is 11.6 Å². The van der Waals surface area contributed by atoms with Crippen LogP contribution in [0.25, 0.3) is 0 Å². The van der Waals surface area contributed by atoms with Crippen LogP contribution in [0.1, 0.15) is 44.2 Å². The van der Waals surface area contributed by atoms with Crippen LogP contribution in [-0.4, -0.2) is 34.7 Å². The Morgan fingerprint density at radius 2 is 1.90 bits per heavy atom. The van der Waals surface area contributed by atoms with Gasteiger partial charge in [0.1, 0.15) is 5.75 Å². The molecule has 1 aliphatic heterocycles. The van der Waals surface area contributed by atoms with Gasteiger partial charge in [0.05, 0.1) is 11.6 Å². The van der Waals surface area contributed by atoms with Crippen molar-refractivity contribution in [2.24, 2.45) is 5.92 Å². The van der Waals surface area contributed by atoms with Gasteiger partial charge in [-0.1, -0.05) is 24.3 Å². The number of likely N-dealkylation sites (tertiary alicyclic amines) is 1. The van der Waals surface area contributed by atoms with E-state index in [9.17, 15) is 14.3 Å². The molecule has 0 aromatic heterocycles. The number of hydrogen-bond donors (Lipinski definition) is 2. The van der Waals surface area contributed by atoms with Crippen molar-refractivity contribution in [2.45, 2.75) is 44.2 Å². The maximum atomic E-state index is 14.5. The van der Waals surface area contributed by atoms with Crippen LogP contribution in [0.4, 0.5) is 9.18 Å². The number of halogens is 1. The summed E-state index contributed by atoms with van der Waals surface area (Å²) >= 11 is 0. The molecule has 1 aliphatic carbocycles. The van der Waals surface area contributed by atoms with Crippen molar-refractivity contribution >= 4 is 6.03 Å². The minimum Gasteiger partial charge on any atom is -0.454 e. The number of nitrogens with one attached hydrogen (secondary N) is 1. The standard InChI is InChI=1S/C23H27FN2O3/c1-16(25-22(27)26-13-11-23(28,12-14-26)18-8-9-18)17-7-10-21(20(24)15-17)29-19-5-3-2-4-6-19/h2-7,10,15-16,18,28H,8-9,11-14H2,1H3,(H,25,27). The van der Waals surface area contributed by atoms with Crippen molar-refractivity contribution in [1.82, 2.24) is 10.2 Å². The minimum absolute atomic E-state index is 0.147. The topological polar surface area (TPSA) is 61.8 Å². The average molecular weight is 398 g/mol. The van der Waals surface area contributed by atoms with E-state index in [1.165, 1.54) is 6.07 Å². The fourth-order valence-corrected chi connectivity index (χ4v) is 3.97. The summed E-state index contributed by atoms with van der Waals surface area (Å²) in [4.78, 5) is 14.3. The van der Waals surface area contributed by atoms with Gasteiger partial charge in [0.2, 0.25) is 0 Å². The molecule has 5 nitrogen and oxygen atoms in total. The molecule has 154 valence electrons.